The zero-order chi connectivity index (χ0) is 33.8. The summed E-state index contributed by atoms with van der Waals surface area (Å²) < 4.78 is 39.7. The molecule has 262 valence electrons. The van der Waals surface area contributed by atoms with Crippen LogP contribution in [-0.2, 0) is 12.8 Å². The van der Waals surface area contributed by atoms with Crippen LogP contribution in [0.4, 0.5) is 8.78 Å². The highest BCUT2D eigenvalue weighted by Crippen LogP contribution is 2.39. The molecule has 0 radical (unpaired) electrons. The van der Waals surface area contributed by atoms with Crippen LogP contribution in [0, 0.1) is 11.6 Å². The van der Waals surface area contributed by atoms with Crippen molar-refractivity contribution in [2.24, 2.45) is 11.5 Å². The maximum absolute atomic E-state index is 14.1. The molecule has 3 fully saturated rings. The number of nitrogens with zero attached hydrogens (tertiary/aromatic N) is 2. The number of benzene rings is 2. The first kappa shape index (κ1) is 34.6. The van der Waals surface area contributed by atoms with Gasteiger partial charge in [-0.15, -0.1) is 0 Å². The van der Waals surface area contributed by atoms with Crippen LogP contribution in [0.3, 0.4) is 0 Å². The lowest BCUT2D eigenvalue weighted by atomic mass is 9.86. The summed E-state index contributed by atoms with van der Waals surface area (Å²) in [5.74, 6) is -1.40. The van der Waals surface area contributed by atoms with Crippen LogP contribution in [0.2, 0.25) is 0 Å². The molecule has 10 heteroatoms. The molecule has 3 aliphatic carbocycles. The molecular formula is C38H52F2N4O4. The molecular weight excluding hydrogens is 614 g/mol. The SMILES string of the molecule is CCCN(C1CCCCC1)[C@H]1COc2c(F)ccc(C(N)=O)c2C1.NC(=O)c1ccc(F)c2c1C[C@@H](N(C1CCCC1)C1CCC1)CO2. The Kier molecular flexibility index (Phi) is 11.2. The van der Waals surface area contributed by atoms with Gasteiger partial charge in [0, 0.05) is 52.5 Å². The first-order valence-corrected chi connectivity index (χ1v) is 18.3. The van der Waals surface area contributed by atoms with Gasteiger partial charge in [-0.2, -0.15) is 0 Å². The molecule has 5 aliphatic rings. The van der Waals surface area contributed by atoms with Gasteiger partial charge in [0.05, 0.1) is 0 Å². The molecule has 0 unspecified atom stereocenters. The number of primary amides is 2. The van der Waals surface area contributed by atoms with Crippen molar-refractivity contribution in [1.29, 1.82) is 0 Å². The van der Waals surface area contributed by atoms with Gasteiger partial charge in [0.25, 0.3) is 0 Å². The van der Waals surface area contributed by atoms with E-state index in [1.165, 1.54) is 101 Å². The smallest absolute Gasteiger partial charge is 0.249 e. The summed E-state index contributed by atoms with van der Waals surface area (Å²) in [7, 11) is 0. The van der Waals surface area contributed by atoms with Gasteiger partial charge in [-0.25, -0.2) is 8.78 Å². The first-order valence-electron chi connectivity index (χ1n) is 18.3. The first-order chi connectivity index (χ1) is 23.3. The van der Waals surface area contributed by atoms with E-state index in [2.05, 4.69) is 16.7 Å². The van der Waals surface area contributed by atoms with Crippen molar-refractivity contribution >= 4 is 11.8 Å². The molecule has 0 saturated heterocycles. The predicted octanol–water partition coefficient (Wildman–Crippen LogP) is 6.30. The highest BCUT2D eigenvalue weighted by atomic mass is 19.1. The molecule has 8 nitrogen and oxygen atoms in total. The van der Waals surface area contributed by atoms with Crippen LogP contribution < -0.4 is 20.9 Å². The van der Waals surface area contributed by atoms with Crippen LogP contribution in [0.15, 0.2) is 24.3 Å². The van der Waals surface area contributed by atoms with Crippen molar-refractivity contribution in [2.45, 2.75) is 133 Å². The average molecular weight is 667 g/mol. The quantitative estimate of drug-likeness (QED) is 0.325. The molecule has 2 amide bonds. The van der Waals surface area contributed by atoms with Crippen LogP contribution in [0.25, 0.3) is 0 Å². The van der Waals surface area contributed by atoms with Gasteiger partial charge < -0.3 is 20.9 Å². The number of hydrogen-bond donors (Lipinski definition) is 2. The van der Waals surface area contributed by atoms with E-state index >= 15 is 0 Å². The van der Waals surface area contributed by atoms with E-state index in [9.17, 15) is 18.4 Å². The minimum atomic E-state index is -0.518. The number of rotatable bonds is 9. The van der Waals surface area contributed by atoms with Gasteiger partial charge in [0.2, 0.25) is 11.8 Å². The second kappa shape index (κ2) is 15.5. The van der Waals surface area contributed by atoms with Gasteiger partial charge >= 0.3 is 0 Å². The van der Waals surface area contributed by atoms with E-state index in [-0.39, 0.29) is 23.6 Å². The van der Waals surface area contributed by atoms with Crippen molar-refractivity contribution in [3.05, 3.63) is 58.2 Å². The van der Waals surface area contributed by atoms with Gasteiger partial charge in [-0.1, -0.05) is 45.4 Å². The summed E-state index contributed by atoms with van der Waals surface area (Å²) >= 11 is 0. The van der Waals surface area contributed by atoms with Gasteiger partial charge in [0.15, 0.2) is 23.1 Å². The van der Waals surface area contributed by atoms with E-state index in [0.29, 0.717) is 66.4 Å². The molecule has 2 atom stereocenters. The highest BCUT2D eigenvalue weighted by Gasteiger charge is 2.40. The molecule has 2 aliphatic heterocycles. The monoisotopic (exact) mass is 666 g/mol. The van der Waals surface area contributed by atoms with E-state index < -0.39 is 23.4 Å². The Balaban J connectivity index is 0.000000167. The van der Waals surface area contributed by atoms with Crippen molar-refractivity contribution in [3.8, 4) is 11.5 Å². The molecule has 0 spiro atoms. The Morgan fingerprint density at radius 2 is 1.12 bits per heavy atom. The van der Waals surface area contributed by atoms with Crippen LogP contribution >= 0.6 is 0 Å². The lowest BCUT2D eigenvalue weighted by Gasteiger charge is -2.47. The summed E-state index contributed by atoms with van der Waals surface area (Å²) in [5.41, 5.74) is 13.1. The number of amides is 2. The number of ether oxygens (including phenoxy) is 2. The lowest BCUT2D eigenvalue weighted by molar-refractivity contribution is 0.00907. The summed E-state index contributed by atoms with van der Waals surface area (Å²) in [6.07, 6.45) is 17.5. The third-order valence-electron chi connectivity index (χ3n) is 11.3. The van der Waals surface area contributed by atoms with Crippen LogP contribution in [-0.4, -0.2) is 71.6 Å². The second-order valence-electron chi connectivity index (χ2n) is 14.4. The Hall–Kier alpha value is -3.24. The Labute approximate surface area is 283 Å². The Morgan fingerprint density at radius 1 is 0.667 bits per heavy atom. The number of hydrogen-bond acceptors (Lipinski definition) is 6. The molecule has 2 heterocycles. The Bertz CT molecular complexity index is 1450. The topological polar surface area (TPSA) is 111 Å². The molecule has 7 rings (SSSR count). The fourth-order valence-corrected chi connectivity index (χ4v) is 8.85. The van der Waals surface area contributed by atoms with Crippen LogP contribution in [0.5, 0.6) is 11.5 Å². The normalized spacial score (nSPS) is 22.9. The Morgan fingerprint density at radius 3 is 1.60 bits per heavy atom. The summed E-state index contributed by atoms with van der Waals surface area (Å²) in [6, 6.07) is 7.71. The summed E-state index contributed by atoms with van der Waals surface area (Å²) in [6.45, 7) is 4.17. The number of nitrogens with two attached hydrogens (primary N) is 2. The number of carbonyl (C=O) groups is 2. The standard InChI is InChI=1S/C19H25FN2O2.C19H27FN2O2/c20-17-9-8-15(19(21)23)16-10-14(11-24-18(16)17)22(13-6-3-7-13)12-4-1-2-5-12;1-2-10-22(13-6-4-3-5-7-13)14-11-16-15(19(21)23)8-9-17(20)18(16)24-12-14/h8-9,12-14H,1-7,10-11H2,(H2,21,23);8-9,13-14H,2-7,10-12H2,1H3,(H2,21,23)/t2*14-/m11/s1. The number of fused-ring (bicyclic) bond motifs is 2. The summed E-state index contributed by atoms with van der Waals surface area (Å²) in [4.78, 5) is 28.6. The van der Waals surface area contributed by atoms with E-state index in [4.69, 9.17) is 20.9 Å². The van der Waals surface area contributed by atoms with Crippen molar-refractivity contribution in [1.82, 2.24) is 9.80 Å². The average Bonchev–Trinajstić information content (AvgIpc) is 3.60. The van der Waals surface area contributed by atoms with Gasteiger partial charge in [-0.05, 0) is 88.6 Å². The zero-order valence-electron chi connectivity index (χ0n) is 28.4. The zero-order valence-corrected chi connectivity index (χ0v) is 28.4. The maximum Gasteiger partial charge on any atom is 0.249 e. The molecule has 3 saturated carbocycles. The molecule has 0 bridgehead atoms. The van der Waals surface area contributed by atoms with Crippen LogP contribution in [0.1, 0.15) is 122 Å². The minimum absolute atomic E-state index is 0.181. The third kappa shape index (κ3) is 7.34. The lowest BCUT2D eigenvalue weighted by Crippen LogP contribution is -2.55. The maximum atomic E-state index is 14.1. The highest BCUT2D eigenvalue weighted by molar-refractivity contribution is 5.95. The van der Waals surface area contributed by atoms with Crippen molar-refractivity contribution < 1.29 is 27.8 Å². The van der Waals surface area contributed by atoms with Gasteiger partial charge in [-0.3, -0.25) is 19.4 Å². The van der Waals surface area contributed by atoms with Crippen molar-refractivity contribution in [3.63, 3.8) is 0 Å². The van der Waals surface area contributed by atoms with Crippen molar-refractivity contribution in [2.75, 3.05) is 19.8 Å². The van der Waals surface area contributed by atoms with E-state index in [0.717, 1.165) is 13.0 Å². The summed E-state index contributed by atoms with van der Waals surface area (Å²) in [5, 5.41) is 0. The van der Waals surface area contributed by atoms with Gasteiger partial charge in [0.1, 0.15) is 13.2 Å². The van der Waals surface area contributed by atoms with E-state index in [1.54, 1.807) is 0 Å². The fraction of sp³-hybridized carbons (Fsp3) is 0.632. The molecule has 48 heavy (non-hydrogen) atoms. The van der Waals surface area contributed by atoms with E-state index in [1.807, 2.05) is 0 Å². The third-order valence-corrected chi connectivity index (χ3v) is 11.3. The molecule has 4 N–H and O–H groups in total. The fourth-order valence-electron chi connectivity index (χ4n) is 8.85. The number of halogens is 2. The number of carbonyl (C=O) groups excluding carboxylic acids is 2. The molecule has 2 aromatic rings. The predicted molar refractivity (Wildman–Crippen MR) is 181 cm³/mol. The largest absolute Gasteiger partial charge is 0.489 e. The minimum Gasteiger partial charge on any atom is -0.489 e. The molecule has 0 aromatic heterocycles. The second-order valence-corrected chi connectivity index (χ2v) is 14.4. The molecule has 2 aromatic carbocycles.